The number of nitrogens with one attached hydrogen (secondary N) is 1. The Hall–Kier alpha value is -1.27. The van der Waals surface area contributed by atoms with Crippen LogP contribution < -0.4 is 10.2 Å². The molecule has 2 aromatic carbocycles. The predicted octanol–water partition coefficient (Wildman–Crippen LogP) is 3.48. The predicted molar refractivity (Wildman–Crippen MR) is 101 cm³/mol. The lowest BCUT2D eigenvalue weighted by molar-refractivity contribution is 0.140. The number of nitrogens with zero attached hydrogens (tertiary/aromatic N) is 1. The molecule has 0 unspecified atom stereocenters. The fourth-order valence-corrected chi connectivity index (χ4v) is 4.12. The highest BCUT2D eigenvalue weighted by Crippen LogP contribution is 2.40. The maximum absolute atomic E-state index is 13.7. The molecule has 1 heterocycles. The number of halogens is 2. The van der Waals surface area contributed by atoms with E-state index in [1.165, 1.54) is 17.0 Å². The van der Waals surface area contributed by atoms with Gasteiger partial charge in [-0.25, -0.2) is 4.39 Å². The molecule has 3 nitrogen and oxygen atoms in total. The number of anilines is 1. The SMILES string of the molecule is CNC[C@@H](O)[C@H](c1cccc(F)c1)N1CCSc2ccccc21.Cl. The monoisotopic (exact) mass is 368 g/mol. The van der Waals surface area contributed by atoms with Crippen molar-refractivity contribution >= 4 is 29.9 Å². The summed E-state index contributed by atoms with van der Waals surface area (Å²) in [5.74, 6) is 0.679. The molecule has 0 saturated heterocycles. The molecule has 6 heteroatoms. The fraction of sp³-hybridized carbons (Fsp3) is 0.333. The van der Waals surface area contributed by atoms with Crippen LogP contribution in [0.15, 0.2) is 53.4 Å². The molecule has 3 rings (SSSR count). The number of rotatable bonds is 5. The number of para-hydroxylation sites is 1. The van der Waals surface area contributed by atoms with Crippen LogP contribution in [0.25, 0.3) is 0 Å². The fourth-order valence-electron chi connectivity index (χ4n) is 3.10. The Morgan fingerprint density at radius 3 is 2.79 bits per heavy atom. The third kappa shape index (κ3) is 4.03. The van der Waals surface area contributed by atoms with Crippen LogP contribution in [0.3, 0.4) is 0 Å². The van der Waals surface area contributed by atoms with Crippen molar-refractivity contribution in [2.75, 3.05) is 30.8 Å². The molecule has 0 aliphatic carbocycles. The second-order valence-corrected chi connectivity index (χ2v) is 6.77. The van der Waals surface area contributed by atoms with Crippen molar-refractivity contribution in [2.24, 2.45) is 0 Å². The second-order valence-electron chi connectivity index (χ2n) is 5.63. The standard InChI is InChI=1S/C18H21FN2OS.ClH/c1-20-12-16(22)18(13-5-4-6-14(19)11-13)21-9-10-23-17-8-3-2-7-15(17)21;/h2-8,11,16,18,20,22H,9-10,12H2,1H3;1H/t16-,18+;/m1./s1. The molecule has 0 saturated carbocycles. The Labute approximate surface area is 152 Å². The molecule has 0 radical (unpaired) electrons. The van der Waals surface area contributed by atoms with Crippen molar-refractivity contribution < 1.29 is 9.50 Å². The molecule has 0 fully saturated rings. The lowest BCUT2D eigenvalue weighted by Crippen LogP contribution is -2.43. The Morgan fingerprint density at radius 1 is 1.25 bits per heavy atom. The summed E-state index contributed by atoms with van der Waals surface area (Å²) in [5, 5.41) is 13.7. The van der Waals surface area contributed by atoms with E-state index in [-0.39, 0.29) is 24.3 Å². The molecule has 2 atom stereocenters. The number of hydrogen-bond donors (Lipinski definition) is 2. The van der Waals surface area contributed by atoms with Gasteiger partial charge in [0.25, 0.3) is 0 Å². The number of likely N-dealkylation sites (N-methyl/N-ethyl adjacent to an activating group) is 1. The molecule has 2 aromatic rings. The van der Waals surface area contributed by atoms with Crippen molar-refractivity contribution in [1.29, 1.82) is 0 Å². The van der Waals surface area contributed by atoms with Crippen LogP contribution in [-0.2, 0) is 0 Å². The molecular weight excluding hydrogens is 347 g/mol. The summed E-state index contributed by atoms with van der Waals surface area (Å²) < 4.78 is 13.7. The second kappa shape index (κ2) is 8.72. The number of aliphatic hydroxyl groups is 1. The summed E-state index contributed by atoms with van der Waals surface area (Å²) in [6.07, 6.45) is -0.627. The molecular formula is C18H22ClFN2OS. The first-order chi connectivity index (χ1) is 11.2. The van der Waals surface area contributed by atoms with E-state index in [4.69, 9.17) is 0 Å². The van der Waals surface area contributed by atoms with Gasteiger partial charge in [0.1, 0.15) is 5.82 Å². The largest absolute Gasteiger partial charge is 0.389 e. The Balaban J connectivity index is 0.00000208. The first-order valence-corrected chi connectivity index (χ1v) is 8.76. The van der Waals surface area contributed by atoms with Gasteiger partial charge in [-0.15, -0.1) is 24.2 Å². The summed E-state index contributed by atoms with van der Waals surface area (Å²) in [6, 6.07) is 14.5. The van der Waals surface area contributed by atoms with E-state index in [0.29, 0.717) is 6.54 Å². The first kappa shape index (κ1) is 19.1. The zero-order valence-electron chi connectivity index (χ0n) is 13.5. The Morgan fingerprint density at radius 2 is 2.04 bits per heavy atom. The van der Waals surface area contributed by atoms with Gasteiger partial charge in [0, 0.05) is 23.7 Å². The third-order valence-corrected chi connectivity index (χ3v) is 5.11. The summed E-state index contributed by atoms with van der Waals surface area (Å²) in [6.45, 7) is 1.27. The van der Waals surface area contributed by atoms with E-state index < -0.39 is 6.10 Å². The molecule has 1 aliphatic rings. The van der Waals surface area contributed by atoms with Crippen molar-refractivity contribution in [3.63, 3.8) is 0 Å². The minimum Gasteiger partial charge on any atom is -0.389 e. The number of benzene rings is 2. The van der Waals surface area contributed by atoms with E-state index in [9.17, 15) is 9.50 Å². The summed E-state index contributed by atoms with van der Waals surface area (Å²) >= 11 is 1.82. The van der Waals surface area contributed by atoms with E-state index in [0.717, 1.165) is 23.5 Å². The molecule has 130 valence electrons. The molecule has 0 bridgehead atoms. The van der Waals surface area contributed by atoms with Crippen LogP contribution in [0, 0.1) is 5.82 Å². The van der Waals surface area contributed by atoms with Gasteiger partial charge in [0.05, 0.1) is 17.8 Å². The average molecular weight is 369 g/mol. The van der Waals surface area contributed by atoms with Gasteiger partial charge in [0.2, 0.25) is 0 Å². The van der Waals surface area contributed by atoms with Crippen molar-refractivity contribution in [1.82, 2.24) is 5.32 Å². The third-order valence-electron chi connectivity index (χ3n) is 4.07. The van der Waals surface area contributed by atoms with Crippen LogP contribution in [-0.4, -0.2) is 37.1 Å². The minimum atomic E-state index is -0.627. The van der Waals surface area contributed by atoms with Crippen LogP contribution >= 0.6 is 24.2 Å². The van der Waals surface area contributed by atoms with Gasteiger partial charge >= 0.3 is 0 Å². The molecule has 1 aliphatic heterocycles. The summed E-state index contributed by atoms with van der Waals surface area (Å²) in [4.78, 5) is 3.40. The normalized spacial score (nSPS) is 16.0. The van der Waals surface area contributed by atoms with E-state index in [2.05, 4.69) is 22.3 Å². The number of aliphatic hydroxyl groups excluding tert-OH is 1. The smallest absolute Gasteiger partial charge is 0.123 e. The highest BCUT2D eigenvalue weighted by atomic mass is 35.5. The summed E-state index contributed by atoms with van der Waals surface area (Å²) in [5.41, 5.74) is 1.91. The van der Waals surface area contributed by atoms with Crippen LogP contribution in [0.4, 0.5) is 10.1 Å². The van der Waals surface area contributed by atoms with Crippen molar-refractivity contribution in [3.05, 3.63) is 59.9 Å². The topological polar surface area (TPSA) is 35.5 Å². The zero-order chi connectivity index (χ0) is 16.2. The number of hydrogen-bond acceptors (Lipinski definition) is 4. The Bertz CT molecular complexity index is 673. The molecule has 0 spiro atoms. The van der Waals surface area contributed by atoms with Gasteiger partial charge in [-0.1, -0.05) is 24.3 Å². The van der Waals surface area contributed by atoms with Gasteiger partial charge in [-0.05, 0) is 36.9 Å². The maximum atomic E-state index is 13.7. The molecule has 24 heavy (non-hydrogen) atoms. The molecule has 0 aromatic heterocycles. The quantitative estimate of drug-likeness (QED) is 0.847. The van der Waals surface area contributed by atoms with Gasteiger partial charge < -0.3 is 15.3 Å². The van der Waals surface area contributed by atoms with Crippen LogP contribution in [0.1, 0.15) is 11.6 Å². The van der Waals surface area contributed by atoms with Crippen molar-refractivity contribution in [3.8, 4) is 0 Å². The molecule has 0 amide bonds. The number of fused-ring (bicyclic) bond motifs is 1. The highest BCUT2D eigenvalue weighted by molar-refractivity contribution is 7.99. The van der Waals surface area contributed by atoms with Crippen LogP contribution in [0.5, 0.6) is 0 Å². The van der Waals surface area contributed by atoms with Gasteiger partial charge in [-0.2, -0.15) is 0 Å². The Kier molecular flexibility index (Phi) is 6.92. The van der Waals surface area contributed by atoms with Crippen molar-refractivity contribution in [2.45, 2.75) is 17.0 Å². The number of thioether (sulfide) groups is 1. The van der Waals surface area contributed by atoms with E-state index >= 15 is 0 Å². The lowest BCUT2D eigenvalue weighted by Gasteiger charge is -2.40. The molecule has 2 N–H and O–H groups in total. The van der Waals surface area contributed by atoms with Gasteiger partial charge in [-0.3, -0.25) is 0 Å². The van der Waals surface area contributed by atoms with E-state index in [1.54, 1.807) is 6.07 Å². The average Bonchev–Trinajstić information content (AvgIpc) is 2.56. The lowest BCUT2D eigenvalue weighted by atomic mass is 9.98. The van der Waals surface area contributed by atoms with Gasteiger partial charge in [0.15, 0.2) is 0 Å². The first-order valence-electron chi connectivity index (χ1n) is 7.77. The maximum Gasteiger partial charge on any atom is 0.123 e. The highest BCUT2D eigenvalue weighted by Gasteiger charge is 2.31. The van der Waals surface area contributed by atoms with E-state index in [1.807, 2.05) is 37.0 Å². The minimum absolute atomic E-state index is 0. The zero-order valence-corrected chi connectivity index (χ0v) is 15.1. The summed E-state index contributed by atoms with van der Waals surface area (Å²) in [7, 11) is 1.81. The van der Waals surface area contributed by atoms with Crippen LogP contribution in [0.2, 0.25) is 0 Å².